The highest BCUT2D eigenvalue weighted by Gasteiger charge is 2.27. The largest absolute Gasteiger partial charge is 0.354 e. The maximum Gasteiger partial charge on any atom is 0.0822 e. The summed E-state index contributed by atoms with van der Waals surface area (Å²) in [6, 6.07) is 48.4. The Morgan fingerprint density at radius 2 is 0.759 bits per heavy atom. The number of fused-ring (bicyclic) bond motifs is 14. The van der Waals surface area contributed by atoms with Crippen molar-refractivity contribution in [3.05, 3.63) is 156 Å². The molecule has 0 amide bonds. The van der Waals surface area contributed by atoms with Gasteiger partial charge in [-0.05, 0) is 104 Å². The van der Waals surface area contributed by atoms with Gasteiger partial charge in [0.2, 0.25) is 0 Å². The van der Waals surface area contributed by atoms with Gasteiger partial charge in [-0.15, -0.1) is 0 Å². The standard InChI is InChI=1S/C54H40N4/c1-3-15-33-34(16-4-2)48-36-22-12-14-24-38(36)50-44-30-28-42(57-44)46(32-19-9-6-10-20-32)40-26-25-39(55-40)45(31-17-7-5-8-18-31)41-27-29-43(56-41)49-37-23-13-11-21-35(37)47(33)51-52(48)54(50)58-53(49)51/h5-14,17-30,56-57H,3-4,15-16H2,1-2H3. The Hall–Kier alpha value is -7.04. The quantitative estimate of drug-likeness (QED) is 0.167. The van der Waals surface area contributed by atoms with Crippen LogP contribution in [0.2, 0.25) is 0 Å². The summed E-state index contributed by atoms with van der Waals surface area (Å²) < 4.78 is 0. The van der Waals surface area contributed by atoms with Crippen LogP contribution in [0.5, 0.6) is 0 Å². The van der Waals surface area contributed by atoms with Gasteiger partial charge < -0.3 is 9.97 Å². The van der Waals surface area contributed by atoms with E-state index in [4.69, 9.17) is 9.97 Å². The summed E-state index contributed by atoms with van der Waals surface area (Å²) >= 11 is 0. The summed E-state index contributed by atoms with van der Waals surface area (Å²) in [4.78, 5) is 19.3. The Morgan fingerprint density at radius 1 is 0.379 bits per heavy atom. The van der Waals surface area contributed by atoms with Crippen molar-refractivity contribution in [3.8, 4) is 22.3 Å². The van der Waals surface area contributed by atoms with Gasteiger partial charge in [0.05, 0.1) is 22.4 Å². The normalized spacial score (nSPS) is 12.5. The highest BCUT2D eigenvalue weighted by atomic mass is 14.8. The van der Waals surface area contributed by atoms with Gasteiger partial charge >= 0.3 is 0 Å². The van der Waals surface area contributed by atoms with Gasteiger partial charge in [-0.3, -0.25) is 0 Å². The molecule has 0 fully saturated rings. The molecule has 0 atom stereocenters. The van der Waals surface area contributed by atoms with Gasteiger partial charge in [0.15, 0.2) is 0 Å². The Labute approximate surface area is 335 Å². The smallest absolute Gasteiger partial charge is 0.0822 e. The SMILES string of the molecule is CCCc1c(CCC)c2c3ccccc3c3c4ccc([nH]4)c(-c4ccccc4)c4nc(c(-c5ccccc5)c5ccc([nH]5)c5c6ccccc6c1c1c5nc3c21)C=C4. The minimum absolute atomic E-state index is 0.925. The van der Waals surface area contributed by atoms with Crippen LogP contribution in [0.15, 0.2) is 133 Å². The number of hydrogen-bond acceptors (Lipinski definition) is 2. The van der Waals surface area contributed by atoms with Crippen molar-refractivity contribution in [1.82, 2.24) is 19.9 Å². The third-order valence-corrected chi connectivity index (χ3v) is 12.5. The average Bonchev–Trinajstić information content (AvgIpc) is 4.10. The van der Waals surface area contributed by atoms with E-state index < -0.39 is 0 Å². The van der Waals surface area contributed by atoms with Crippen LogP contribution in [0.25, 0.3) is 121 Å². The molecule has 4 nitrogen and oxygen atoms in total. The molecule has 12 rings (SSSR count). The number of aromatic nitrogens is 4. The first-order valence-corrected chi connectivity index (χ1v) is 20.7. The van der Waals surface area contributed by atoms with Crippen molar-refractivity contribution in [1.29, 1.82) is 0 Å². The molecule has 0 saturated carbocycles. The van der Waals surface area contributed by atoms with Gasteiger partial charge in [0.25, 0.3) is 0 Å². The summed E-state index contributed by atoms with van der Waals surface area (Å²) in [5.74, 6) is 0. The lowest BCUT2D eigenvalue weighted by molar-refractivity contribution is 0.875. The molecular formula is C54H40N4. The zero-order valence-electron chi connectivity index (χ0n) is 32.6. The van der Waals surface area contributed by atoms with Gasteiger partial charge in [-0.2, -0.15) is 0 Å². The van der Waals surface area contributed by atoms with Crippen molar-refractivity contribution in [2.45, 2.75) is 39.5 Å². The molecule has 276 valence electrons. The van der Waals surface area contributed by atoms with Crippen LogP contribution >= 0.6 is 0 Å². The molecular weight excluding hydrogens is 705 g/mol. The lowest BCUT2D eigenvalue weighted by atomic mass is 9.82. The Kier molecular flexibility index (Phi) is 7.28. The number of aryl methyl sites for hydroxylation is 2. The molecule has 1 aliphatic rings. The second-order valence-corrected chi connectivity index (χ2v) is 15.9. The van der Waals surface area contributed by atoms with Crippen LogP contribution < -0.4 is 0 Å². The molecule has 4 aromatic heterocycles. The highest BCUT2D eigenvalue weighted by Crippen LogP contribution is 2.50. The molecule has 0 spiro atoms. The number of aromatic amines is 2. The van der Waals surface area contributed by atoms with Crippen molar-refractivity contribution in [3.63, 3.8) is 0 Å². The second-order valence-electron chi connectivity index (χ2n) is 15.9. The van der Waals surface area contributed by atoms with Crippen LogP contribution in [-0.2, 0) is 12.8 Å². The van der Waals surface area contributed by atoms with Crippen molar-refractivity contribution < 1.29 is 0 Å². The molecule has 1 aliphatic heterocycles. The van der Waals surface area contributed by atoms with E-state index in [0.717, 1.165) is 103 Å². The molecule has 5 heterocycles. The minimum atomic E-state index is 0.925. The number of benzene rings is 7. The maximum absolute atomic E-state index is 5.90. The summed E-state index contributed by atoms with van der Waals surface area (Å²) in [7, 11) is 0. The van der Waals surface area contributed by atoms with Gasteiger partial charge in [-0.25, -0.2) is 9.97 Å². The number of H-pyrrole nitrogens is 2. The predicted molar refractivity (Wildman–Crippen MR) is 247 cm³/mol. The zero-order valence-corrected chi connectivity index (χ0v) is 32.6. The molecule has 58 heavy (non-hydrogen) atoms. The molecule has 0 unspecified atom stereocenters. The molecule has 8 bridgehead atoms. The first kappa shape index (κ1) is 33.1. The van der Waals surface area contributed by atoms with Crippen LogP contribution in [0, 0.1) is 0 Å². The highest BCUT2D eigenvalue weighted by molar-refractivity contribution is 6.43. The lowest BCUT2D eigenvalue weighted by Gasteiger charge is -2.20. The van der Waals surface area contributed by atoms with Crippen molar-refractivity contribution in [2.75, 3.05) is 0 Å². The summed E-state index contributed by atoms with van der Waals surface area (Å²) in [6.45, 7) is 4.64. The van der Waals surface area contributed by atoms with Gasteiger partial charge in [-0.1, -0.05) is 136 Å². The number of rotatable bonds is 6. The van der Waals surface area contributed by atoms with E-state index in [-0.39, 0.29) is 0 Å². The van der Waals surface area contributed by atoms with Gasteiger partial charge in [0.1, 0.15) is 0 Å². The van der Waals surface area contributed by atoms with Crippen LogP contribution in [-0.4, -0.2) is 19.9 Å². The van der Waals surface area contributed by atoms with Crippen molar-refractivity contribution in [2.24, 2.45) is 0 Å². The minimum Gasteiger partial charge on any atom is -0.354 e. The Bertz CT molecular complexity index is 3340. The molecule has 0 radical (unpaired) electrons. The third-order valence-electron chi connectivity index (χ3n) is 12.5. The van der Waals surface area contributed by atoms with E-state index in [1.165, 1.54) is 54.2 Å². The molecule has 0 aliphatic carbocycles. The lowest BCUT2D eigenvalue weighted by Crippen LogP contribution is -2.00. The van der Waals surface area contributed by atoms with E-state index in [2.05, 4.69) is 169 Å². The van der Waals surface area contributed by atoms with Gasteiger partial charge in [0, 0.05) is 54.7 Å². The molecule has 11 aromatic rings. The van der Waals surface area contributed by atoms with E-state index in [1.54, 1.807) is 0 Å². The van der Waals surface area contributed by atoms with Crippen LogP contribution in [0.3, 0.4) is 0 Å². The van der Waals surface area contributed by atoms with E-state index in [0.29, 0.717) is 0 Å². The fraction of sp³-hybridized carbons (Fsp3) is 0.111. The molecule has 2 N–H and O–H groups in total. The summed E-state index contributed by atoms with van der Waals surface area (Å²) in [5.41, 5.74) is 15.4. The number of nitrogens with zero attached hydrogens (tertiary/aromatic N) is 2. The van der Waals surface area contributed by atoms with Crippen LogP contribution in [0.1, 0.15) is 49.2 Å². The maximum atomic E-state index is 5.90. The van der Waals surface area contributed by atoms with E-state index in [1.807, 2.05) is 0 Å². The first-order chi connectivity index (χ1) is 28.7. The molecule has 4 heteroatoms. The molecule has 0 saturated heterocycles. The summed E-state index contributed by atoms with van der Waals surface area (Å²) in [5, 5.41) is 12.6. The number of nitrogens with one attached hydrogen (secondary N) is 2. The average molecular weight is 745 g/mol. The summed E-state index contributed by atoms with van der Waals surface area (Å²) in [6.07, 6.45) is 8.53. The number of hydrogen-bond donors (Lipinski definition) is 2. The van der Waals surface area contributed by atoms with E-state index in [9.17, 15) is 0 Å². The fourth-order valence-corrected chi connectivity index (χ4v) is 10.3. The first-order valence-electron chi connectivity index (χ1n) is 20.7. The fourth-order valence-electron chi connectivity index (χ4n) is 10.3. The second kappa shape index (κ2) is 12.7. The molecule has 7 aromatic carbocycles. The van der Waals surface area contributed by atoms with Crippen molar-refractivity contribution >= 4 is 99.1 Å². The van der Waals surface area contributed by atoms with E-state index >= 15 is 0 Å². The Morgan fingerprint density at radius 3 is 1.17 bits per heavy atom. The monoisotopic (exact) mass is 744 g/mol. The third kappa shape index (κ3) is 4.63. The Balaban J connectivity index is 1.42. The topological polar surface area (TPSA) is 57.4 Å². The zero-order chi connectivity index (χ0) is 38.5. The van der Waals surface area contributed by atoms with Crippen LogP contribution in [0.4, 0.5) is 0 Å². The predicted octanol–water partition coefficient (Wildman–Crippen LogP) is 14.6.